The monoisotopic (exact) mass is 656 g/mol. The summed E-state index contributed by atoms with van der Waals surface area (Å²) in [5.41, 5.74) is 0.432. The van der Waals surface area contributed by atoms with E-state index in [2.05, 4.69) is 16.5 Å². The van der Waals surface area contributed by atoms with Crippen LogP contribution in [0.1, 0.15) is 45.7 Å². The summed E-state index contributed by atoms with van der Waals surface area (Å²) in [6.07, 6.45) is 2.89. The average Bonchev–Trinajstić information content (AvgIpc) is 3.06. The van der Waals surface area contributed by atoms with Crippen molar-refractivity contribution in [1.29, 1.82) is 0 Å². The molecule has 2 aliphatic rings. The van der Waals surface area contributed by atoms with E-state index in [1.807, 2.05) is 32.6 Å². The van der Waals surface area contributed by atoms with Gasteiger partial charge in [0.25, 0.3) is 0 Å². The van der Waals surface area contributed by atoms with Crippen LogP contribution < -0.4 is 20.4 Å². The van der Waals surface area contributed by atoms with E-state index in [0.717, 1.165) is 0 Å². The van der Waals surface area contributed by atoms with Gasteiger partial charge in [-0.05, 0) is 50.1 Å². The minimum Gasteiger partial charge on any atom is -0.373 e. The van der Waals surface area contributed by atoms with Crippen LogP contribution in [0.15, 0.2) is 54.0 Å². The largest absolute Gasteiger partial charge is 0.373 e. The third-order valence-electron chi connectivity index (χ3n) is 9.26. The molecule has 0 radical (unpaired) electrons. The highest BCUT2D eigenvalue weighted by Crippen LogP contribution is 2.39. The number of fused-ring (bicyclic) bond motifs is 5. The van der Waals surface area contributed by atoms with E-state index in [0.29, 0.717) is 30.2 Å². The van der Waals surface area contributed by atoms with Crippen molar-refractivity contribution in [1.82, 2.24) is 24.4 Å². The van der Waals surface area contributed by atoms with Crippen molar-refractivity contribution in [3.8, 4) is 16.9 Å². The summed E-state index contributed by atoms with van der Waals surface area (Å²) >= 11 is 0. The first-order valence-corrected chi connectivity index (χ1v) is 15.9. The molecule has 13 heteroatoms. The summed E-state index contributed by atoms with van der Waals surface area (Å²) in [6.45, 7) is 12.0. The standard InChI is InChI=1S/C35H38F2N8O3/c1-8-27(46)43-17-21(5)44(18-20(43)4)33-22-16-24(37)31-29-23(36)10-9-11-25(29)41(6)15-13-28(47)42(7)26-12-14-38-30(19(2)3)32(26)45(34(22)39-31)35(48)40-33/h8-12,14,16,19-21H,1,13,15,17-18H2,2-7H3/t20-,21+/m1/s1. The molecule has 2 bridgehead atoms. The van der Waals surface area contributed by atoms with Gasteiger partial charge in [-0.2, -0.15) is 4.98 Å². The van der Waals surface area contributed by atoms with Crippen molar-refractivity contribution < 1.29 is 18.4 Å². The molecule has 1 saturated heterocycles. The SMILES string of the molecule is C=CC(=O)N1C[C@H](C)N(c2nc(=O)n3c4nc(c(F)cc24)-c2c(F)cccc2N(C)CCC(=O)N(C)c2ccnc(C(C)C)c2-3)C[C@H]1C. The summed E-state index contributed by atoms with van der Waals surface area (Å²) in [5.74, 6) is -2.01. The zero-order valence-corrected chi connectivity index (χ0v) is 27.9. The van der Waals surface area contributed by atoms with Crippen molar-refractivity contribution >= 4 is 40.0 Å². The summed E-state index contributed by atoms with van der Waals surface area (Å²) in [4.78, 5) is 61.3. The fraction of sp³-hybridized carbons (Fsp3) is 0.371. The number of pyridine rings is 2. The minimum absolute atomic E-state index is 0.0268. The molecule has 6 rings (SSSR count). The van der Waals surface area contributed by atoms with Gasteiger partial charge in [-0.15, -0.1) is 0 Å². The van der Waals surface area contributed by atoms with E-state index in [9.17, 15) is 14.4 Å². The van der Waals surface area contributed by atoms with Crippen LogP contribution in [-0.2, 0) is 9.59 Å². The van der Waals surface area contributed by atoms with Gasteiger partial charge in [0.05, 0.1) is 28.0 Å². The zero-order chi connectivity index (χ0) is 34.6. The molecule has 0 spiro atoms. The highest BCUT2D eigenvalue weighted by Gasteiger charge is 2.35. The second kappa shape index (κ2) is 12.4. The fourth-order valence-corrected chi connectivity index (χ4v) is 6.68. The van der Waals surface area contributed by atoms with Gasteiger partial charge in [0.1, 0.15) is 17.3 Å². The van der Waals surface area contributed by atoms with Crippen molar-refractivity contribution in [2.24, 2.45) is 0 Å². The van der Waals surface area contributed by atoms with E-state index >= 15 is 8.78 Å². The van der Waals surface area contributed by atoms with Crippen molar-refractivity contribution in [2.45, 2.75) is 52.1 Å². The lowest BCUT2D eigenvalue weighted by Crippen LogP contribution is -2.58. The van der Waals surface area contributed by atoms with Gasteiger partial charge in [0.2, 0.25) is 11.8 Å². The van der Waals surface area contributed by atoms with Crippen LogP contribution in [-0.4, -0.2) is 82.0 Å². The maximum atomic E-state index is 16.5. The lowest BCUT2D eigenvalue weighted by atomic mass is 10.0. The number of hydrogen-bond acceptors (Lipinski definition) is 8. The van der Waals surface area contributed by atoms with E-state index in [-0.39, 0.29) is 76.6 Å². The molecule has 5 heterocycles. The maximum absolute atomic E-state index is 16.5. The molecule has 2 aliphatic heterocycles. The van der Waals surface area contributed by atoms with E-state index in [4.69, 9.17) is 4.98 Å². The lowest BCUT2D eigenvalue weighted by molar-refractivity contribution is -0.128. The van der Waals surface area contributed by atoms with Crippen LogP contribution in [0.2, 0.25) is 0 Å². The first-order chi connectivity index (χ1) is 22.8. The van der Waals surface area contributed by atoms with Gasteiger partial charge >= 0.3 is 5.69 Å². The summed E-state index contributed by atoms with van der Waals surface area (Å²) in [5, 5.41) is 0.206. The van der Waals surface area contributed by atoms with Gasteiger partial charge in [-0.1, -0.05) is 26.5 Å². The quantitative estimate of drug-likeness (QED) is 0.293. The van der Waals surface area contributed by atoms with Crippen LogP contribution in [0.3, 0.4) is 0 Å². The number of hydrogen-bond donors (Lipinski definition) is 0. The number of anilines is 3. The Labute approximate surface area is 277 Å². The summed E-state index contributed by atoms with van der Waals surface area (Å²) in [7, 11) is 3.33. The number of nitrogens with zero attached hydrogens (tertiary/aromatic N) is 8. The van der Waals surface area contributed by atoms with Crippen molar-refractivity contribution in [3.05, 3.63) is 77.0 Å². The molecule has 0 unspecified atom stereocenters. The van der Waals surface area contributed by atoms with Crippen molar-refractivity contribution in [3.63, 3.8) is 0 Å². The number of halogens is 2. The molecular weight excluding hydrogens is 618 g/mol. The Hall–Kier alpha value is -5.20. The molecule has 1 aromatic carbocycles. The predicted molar refractivity (Wildman–Crippen MR) is 182 cm³/mol. The van der Waals surface area contributed by atoms with Crippen LogP contribution in [0.25, 0.3) is 28.0 Å². The molecular formula is C35H38F2N8O3. The number of amides is 2. The molecule has 2 atom stereocenters. The normalized spacial score (nSPS) is 18.4. The van der Waals surface area contributed by atoms with Gasteiger partial charge in [0, 0.05) is 64.1 Å². The maximum Gasteiger partial charge on any atom is 0.355 e. The van der Waals surface area contributed by atoms with E-state index in [1.54, 1.807) is 42.2 Å². The van der Waals surface area contributed by atoms with Gasteiger partial charge in [-0.25, -0.2) is 23.1 Å². The predicted octanol–water partition coefficient (Wildman–Crippen LogP) is 4.66. The van der Waals surface area contributed by atoms with E-state index in [1.165, 1.54) is 33.7 Å². The minimum atomic E-state index is -0.810. The topological polar surface area (TPSA) is 108 Å². The van der Waals surface area contributed by atoms with Gasteiger partial charge in [0.15, 0.2) is 11.5 Å². The Balaban J connectivity index is 1.74. The molecule has 48 heavy (non-hydrogen) atoms. The number of benzene rings is 1. The van der Waals surface area contributed by atoms with Gasteiger partial charge in [-0.3, -0.25) is 14.6 Å². The molecule has 11 nitrogen and oxygen atoms in total. The number of carbonyl (C=O) groups excluding carboxylic acids is 2. The Morgan fingerprint density at radius 1 is 1.02 bits per heavy atom. The van der Waals surface area contributed by atoms with Crippen LogP contribution >= 0.6 is 0 Å². The summed E-state index contributed by atoms with van der Waals surface area (Å²) < 4.78 is 33.5. The van der Waals surface area contributed by atoms with Crippen LogP contribution in [0.5, 0.6) is 0 Å². The molecule has 0 aliphatic carbocycles. The average molecular weight is 657 g/mol. The number of rotatable bonds is 3. The second-order valence-corrected chi connectivity index (χ2v) is 12.8. The number of aromatic nitrogens is 4. The molecule has 4 aromatic rings. The third-order valence-corrected chi connectivity index (χ3v) is 9.26. The fourth-order valence-electron chi connectivity index (χ4n) is 6.68. The lowest BCUT2D eigenvalue weighted by Gasteiger charge is -2.44. The van der Waals surface area contributed by atoms with Crippen LogP contribution in [0.4, 0.5) is 26.0 Å². The molecule has 0 saturated carbocycles. The van der Waals surface area contributed by atoms with Crippen LogP contribution in [0, 0.1) is 11.6 Å². The highest BCUT2D eigenvalue weighted by molar-refractivity contribution is 5.97. The number of carbonyl (C=O) groups is 2. The van der Waals surface area contributed by atoms with Gasteiger partial charge < -0.3 is 19.6 Å². The second-order valence-electron chi connectivity index (χ2n) is 12.8. The Bertz CT molecular complexity index is 2030. The number of piperazine rings is 1. The molecule has 0 N–H and O–H groups in total. The smallest absolute Gasteiger partial charge is 0.355 e. The Morgan fingerprint density at radius 3 is 2.48 bits per heavy atom. The Kier molecular flexibility index (Phi) is 8.48. The first kappa shape index (κ1) is 32.7. The first-order valence-electron chi connectivity index (χ1n) is 15.9. The zero-order valence-electron chi connectivity index (χ0n) is 27.9. The molecule has 1 fully saturated rings. The molecule has 250 valence electrons. The van der Waals surface area contributed by atoms with Crippen molar-refractivity contribution in [2.75, 3.05) is 48.4 Å². The highest BCUT2D eigenvalue weighted by atomic mass is 19.1. The molecule has 3 aromatic heterocycles. The summed E-state index contributed by atoms with van der Waals surface area (Å²) in [6, 6.07) is 6.68. The molecule has 2 amide bonds. The van der Waals surface area contributed by atoms with E-state index < -0.39 is 17.3 Å². The third kappa shape index (κ3) is 5.36. The Morgan fingerprint density at radius 2 is 1.77 bits per heavy atom.